The summed E-state index contributed by atoms with van der Waals surface area (Å²) in [6.45, 7) is 0. The van der Waals surface area contributed by atoms with Gasteiger partial charge in [0.05, 0.1) is 33.5 Å². The van der Waals surface area contributed by atoms with Crippen LogP contribution in [-0.2, 0) is 0 Å². The van der Waals surface area contributed by atoms with Gasteiger partial charge in [-0.3, -0.25) is 4.57 Å². The molecule has 0 atom stereocenters. The van der Waals surface area contributed by atoms with Crippen LogP contribution in [0, 0.1) is 0 Å². The molecule has 0 amide bonds. The van der Waals surface area contributed by atoms with Crippen molar-refractivity contribution in [3.8, 4) is 45.3 Å². The van der Waals surface area contributed by atoms with Gasteiger partial charge in [-0.25, -0.2) is 9.97 Å². The minimum atomic E-state index is 0.640. The highest BCUT2D eigenvalue weighted by Crippen LogP contribution is 2.46. The number of benzene rings is 7. The Hall–Kier alpha value is -6.78. The van der Waals surface area contributed by atoms with E-state index in [4.69, 9.17) is 9.97 Å². The Morgan fingerprint density at radius 2 is 0.840 bits per heavy atom. The molecule has 0 bridgehead atoms. The van der Waals surface area contributed by atoms with Crippen molar-refractivity contribution >= 4 is 43.6 Å². The van der Waals surface area contributed by atoms with E-state index in [9.17, 15) is 0 Å². The Bertz CT molecular complexity index is 2780. The normalized spacial score (nSPS) is 11.6. The van der Waals surface area contributed by atoms with Gasteiger partial charge >= 0.3 is 0 Å². The maximum atomic E-state index is 5.35. The summed E-state index contributed by atoms with van der Waals surface area (Å²) >= 11 is 0. The fourth-order valence-electron chi connectivity index (χ4n) is 7.54. The van der Waals surface area contributed by atoms with E-state index < -0.39 is 0 Å². The molecule has 0 radical (unpaired) electrons. The summed E-state index contributed by atoms with van der Waals surface area (Å²) in [7, 11) is 0. The van der Waals surface area contributed by atoms with Crippen molar-refractivity contribution in [2.45, 2.75) is 0 Å². The minimum Gasteiger partial charge on any atom is -0.309 e. The molecule has 0 aliphatic rings. The quantitative estimate of drug-likeness (QED) is 0.188. The van der Waals surface area contributed by atoms with Crippen molar-refractivity contribution in [1.29, 1.82) is 0 Å². The average Bonchev–Trinajstić information content (AvgIpc) is 3.72. The van der Waals surface area contributed by atoms with Gasteiger partial charge in [-0.15, -0.1) is 0 Å². The second-order valence-electron chi connectivity index (χ2n) is 12.6. The van der Waals surface area contributed by atoms with Gasteiger partial charge in [-0.2, -0.15) is 0 Å². The molecule has 0 aliphatic carbocycles. The third kappa shape index (κ3) is 4.39. The molecule has 0 saturated carbocycles. The van der Waals surface area contributed by atoms with Gasteiger partial charge in [0, 0.05) is 43.9 Å². The molecule has 0 aliphatic heterocycles. The summed E-state index contributed by atoms with van der Waals surface area (Å²) in [5.41, 5.74) is 11.8. The highest BCUT2D eigenvalue weighted by Gasteiger charge is 2.25. The summed E-state index contributed by atoms with van der Waals surface area (Å²) in [6.07, 6.45) is 0. The fourth-order valence-corrected chi connectivity index (χ4v) is 7.54. The van der Waals surface area contributed by atoms with Crippen LogP contribution in [0.4, 0.5) is 0 Å². The SMILES string of the molecule is c1ccc(-c2cc(-c3ccccc3)nc(-n3c4ccccc4c4cc(-c5ccccc5)c5c(c6ccccc6n5-c5ccccc5)c43)n2)cc1. The summed E-state index contributed by atoms with van der Waals surface area (Å²) in [6, 6.07) is 64.1. The first-order valence-electron chi connectivity index (χ1n) is 16.9. The smallest absolute Gasteiger partial charge is 0.235 e. The lowest BCUT2D eigenvalue weighted by Gasteiger charge is -2.14. The molecular formula is C46H30N4. The van der Waals surface area contributed by atoms with E-state index in [0.29, 0.717) is 5.95 Å². The van der Waals surface area contributed by atoms with Crippen LogP contribution >= 0.6 is 0 Å². The van der Waals surface area contributed by atoms with E-state index in [1.54, 1.807) is 0 Å². The number of fused-ring (bicyclic) bond motifs is 7. The second kappa shape index (κ2) is 11.4. The molecule has 0 unspecified atom stereocenters. The average molecular weight is 639 g/mol. The second-order valence-corrected chi connectivity index (χ2v) is 12.6. The van der Waals surface area contributed by atoms with Crippen LogP contribution in [0.25, 0.3) is 88.9 Å². The number of para-hydroxylation sites is 3. The van der Waals surface area contributed by atoms with Crippen molar-refractivity contribution < 1.29 is 0 Å². The van der Waals surface area contributed by atoms with Crippen LogP contribution in [0.2, 0.25) is 0 Å². The summed E-state index contributed by atoms with van der Waals surface area (Å²) in [4.78, 5) is 10.7. The molecule has 3 heterocycles. The predicted molar refractivity (Wildman–Crippen MR) is 207 cm³/mol. The summed E-state index contributed by atoms with van der Waals surface area (Å²) < 4.78 is 4.72. The lowest BCUT2D eigenvalue weighted by molar-refractivity contribution is 0.998. The van der Waals surface area contributed by atoms with Gasteiger partial charge in [-0.05, 0) is 42.0 Å². The van der Waals surface area contributed by atoms with Gasteiger partial charge < -0.3 is 4.57 Å². The van der Waals surface area contributed by atoms with E-state index in [2.05, 4.69) is 179 Å². The van der Waals surface area contributed by atoms with E-state index >= 15 is 0 Å². The number of hydrogen-bond donors (Lipinski definition) is 0. The summed E-state index contributed by atoms with van der Waals surface area (Å²) in [5.74, 6) is 0.640. The Balaban J connectivity index is 1.42. The molecule has 10 rings (SSSR count). The van der Waals surface area contributed by atoms with E-state index in [1.165, 1.54) is 21.9 Å². The zero-order chi connectivity index (χ0) is 33.0. The van der Waals surface area contributed by atoms with E-state index in [0.717, 1.165) is 61.0 Å². The Labute approximate surface area is 289 Å². The van der Waals surface area contributed by atoms with Crippen LogP contribution in [0.5, 0.6) is 0 Å². The van der Waals surface area contributed by atoms with Crippen LogP contribution in [0.1, 0.15) is 0 Å². The minimum absolute atomic E-state index is 0.640. The highest BCUT2D eigenvalue weighted by atomic mass is 15.2. The van der Waals surface area contributed by atoms with Gasteiger partial charge in [0.15, 0.2) is 0 Å². The largest absolute Gasteiger partial charge is 0.309 e. The molecule has 7 aromatic carbocycles. The number of rotatable bonds is 5. The third-order valence-corrected chi connectivity index (χ3v) is 9.72. The topological polar surface area (TPSA) is 35.6 Å². The van der Waals surface area contributed by atoms with Gasteiger partial charge in [0.2, 0.25) is 5.95 Å². The van der Waals surface area contributed by atoms with E-state index in [1.807, 2.05) is 12.1 Å². The van der Waals surface area contributed by atoms with Crippen LogP contribution in [-0.4, -0.2) is 19.1 Å². The van der Waals surface area contributed by atoms with Crippen molar-refractivity contribution in [1.82, 2.24) is 19.1 Å². The molecule has 0 fully saturated rings. The lowest BCUT2D eigenvalue weighted by Crippen LogP contribution is -2.04. The first kappa shape index (κ1) is 28.3. The molecule has 0 spiro atoms. The Kier molecular flexibility index (Phi) is 6.46. The maximum Gasteiger partial charge on any atom is 0.235 e. The molecule has 4 nitrogen and oxygen atoms in total. The molecule has 4 heteroatoms. The molecule has 3 aromatic heterocycles. The summed E-state index contributed by atoms with van der Waals surface area (Å²) in [5, 5.41) is 4.68. The van der Waals surface area contributed by atoms with Crippen molar-refractivity contribution in [3.05, 3.63) is 182 Å². The van der Waals surface area contributed by atoms with Gasteiger partial charge in [-0.1, -0.05) is 146 Å². The van der Waals surface area contributed by atoms with Crippen molar-refractivity contribution in [2.75, 3.05) is 0 Å². The van der Waals surface area contributed by atoms with Gasteiger partial charge in [0.1, 0.15) is 0 Å². The van der Waals surface area contributed by atoms with Crippen molar-refractivity contribution in [2.24, 2.45) is 0 Å². The lowest BCUT2D eigenvalue weighted by atomic mass is 9.98. The number of aromatic nitrogens is 4. The molecular weight excluding hydrogens is 609 g/mol. The predicted octanol–water partition coefficient (Wildman–Crippen LogP) is 11.7. The monoisotopic (exact) mass is 638 g/mol. The van der Waals surface area contributed by atoms with Crippen LogP contribution < -0.4 is 0 Å². The Morgan fingerprint density at radius 1 is 0.360 bits per heavy atom. The maximum absolute atomic E-state index is 5.35. The first-order chi connectivity index (χ1) is 24.8. The standard InChI is InChI=1S/C46H30N4/c1-5-17-31(18-6-1)37-29-38-35-25-13-15-27-41(35)50(45(38)43-36-26-14-16-28-42(36)49(44(37)43)34-23-11-4-12-24-34)46-47-39(32-19-7-2-8-20-32)30-40(48-46)33-21-9-3-10-22-33/h1-30H. The first-order valence-corrected chi connectivity index (χ1v) is 16.9. The molecule has 234 valence electrons. The third-order valence-electron chi connectivity index (χ3n) is 9.72. The fraction of sp³-hybridized carbons (Fsp3) is 0. The van der Waals surface area contributed by atoms with Crippen molar-refractivity contribution in [3.63, 3.8) is 0 Å². The molecule has 10 aromatic rings. The molecule has 50 heavy (non-hydrogen) atoms. The molecule has 0 N–H and O–H groups in total. The van der Waals surface area contributed by atoms with E-state index in [-0.39, 0.29) is 0 Å². The zero-order valence-corrected chi connectivity index (χ0v) is 27.1. The zero-order valence-electron chi connectivity index (χ0n) is 27.1. The Morgan fingerprint density at radius 3 is 1.44 bits per heavy atom. The molecule has 0 saturated heterocycles. The highest BCUT2D eigenvalue weighted by molar-refractivity contribution is 6.29. The number of hydrogen-bond acceptors (Lipinski definition) is 2. The van der Waals surface area contributed by atoms with Crippen LogP contribution in [0.3, 0.4) is 0 Å². The van der Waals surface area contributed by atoms with Crippen LogP contribution in [0.15, 0.2) is 182 Å². The number of nitrogens with zero attached hydrogens (tertiary/aromatic N) is 4. The van der Waals surface area contributed by atoms with Gasteiger partial charge in [0.25, 0.3) is 0 Å².